The van der Waals surface area contributed by atoms with E-state index < -0.39 is 11.0 Å². The van der Waals surface area contributed by atoms with E-state index in [4.69, 9.17) is 0 Å². The topological polar surface area (TPSA) is 104 Å². The van der Waals surface area contributed by atoms with Crippen molar-refractivity contribution in [2.45, 2.75) is 13.0 Å². The van der Waals surface area contributed by atoms with Crippen molar-refractivity contribution in [3.05, 3.63) is 88.2 Å². The number of nitro groups is 1. The Balaban J connectivity index is 1.56. The molecule has 0 bridgehead atoms. The van der Waals surface area contributed by atoms with Crippen LogP contribution in [0.2, 0.25) is 0 Å². The minimum absolute atomic E-state index is 0.115. The van der Waals surface area contributed by atoms with E-state index in [9.17, 15) is 14.9 Å². The van der Waals surface area contributed by atoms with E-state index in [2.05, 4.69) is 25.1 Å². The lowest BCUT2D eigenvalue weighted by Gasteiger charge is -2.38. The fraction of sp³-hybridized carbons (Fsp3) is 0.261. The summed E-state index contributed by atoms with van der Waals surface area (Å²) in [5, 5.41) is 14.3. The molecule has 3 aromatic rings. The van der Waals surface area contributed by atoms with E-state index in [-0.39, 0.29) is 17.3 Å². The lowest BCUT2D eigenvalue weighted by atomic mass is 10.0. The van der Waals surface area contributed by atoms with Crippen molar-refractivity contribution >= 4 is 23.2 Å². The van der Waals surface area contributed by atoms with E-state index in [1.54, 1.807) is 37.5 Å². The first-order chi connectivity index (χ1) is 15.5. The first kappa shape index (κ1) is 21.4. The van der Waals surface area contributed by atoms with Crippen LogP contribution >= 0.6 is 0 Å². The second-order valence-electron chi connectivity index (χ2n) is 7.65. The van der Waals surface area contributed by atoms with Gasteiger partial charge in [0.1, 0.15) is 11.7 Å². The van der Waals surface area contributed by atoms with Gasteiger partial charge in [0, 0.05) is 44.6 Å². The number of rotatable bonds is 6. The molecule has 1 amide bonds. The number of nitrogens with zero attached hydrogens (tertiary/aromatic N) is 5. The number of benzene rings is 2. The Kier molecular flexibility index (Phi) is 6.37. The molecule has 164 valence electrons. The van der Waals surface area contributed by atoms with E-state index in [0.29, 0.717) is 32.1 Å². The molecular weight excluding hydrogens is 408 g/mol. The van der Waals surface area contributed by atoms with Crippen LogP contribution < -0.4 is 10.2 Å². The lowest BCUT2D eigenvalue weighted by molar-refractivity contribution is -0.384. The highest BCUT2D eigenvalue weighted by molar-refractivity contribution is 5.97. The fourth-order valence-electron chi connectivity index (χ4n) is 3.90. The van der Waals surface area contributed by atoms with Crippen molar-refractivity contribution < 1.29 is 9.72 Å². The maximum Gasteiger partial charge on any atom is 0.293 e. The maximum atomic E-state index is 13.4. The highest BCUT2D eigenvalue weighted by atomic mass is 16.6. The summed E-state index contributed by atoms with van der Waals surface area (Å²) in [5.41, 5.74) is 1.68. The van der Waals surface area contributed by atoms with Crippen LogP contribution in [-0.2, 0) is 4.79 Å². The molecule has 0 radical (unpaired) electrons. The average Bonchev–Trinajstić information content (AvgIpc) is 2.82. The quantitative estimate of drug-likeness (QED) is 0.471. The van der Waals surface area contributed by atoms with Gasteiger partial charge in [-0.1, -0.05) is 36.4 Å². The van der Waals surface area contributed by atoms with Gasteiger partial charge in [-0.25, -0.2) is 9.97 Å². The molecular formula is C23H24N6O3. The summed E-state index contributed by atoms with van der Waals surface area (Å²) in [4.78, 5) is 37.2. The largest absolute Gasteiger partial charge is 0.338 e. The molecule has 1 saturated heterocycles. The van der Waals surface area contributed by atoms with Gasteiger partial charge in [0.15, 0.2) is 0 Å². The van der Waals surface area contributed by atoms with Crippen LogP contribution in [0.3, 0.4) is 0 Å². The number of amides is 1. The normalized spacial score (nSPS) is 15.2. The summed E-state index contributed by atoms with van der Waals surface area (Å²) in [6.45, 7) is 4.38. The zero-order valence-corrected chi connectivity index (χ0v) is 17.7. The second-order valence-corrected chi connectivity index (χ2v) is 7.65. The van der Waals surface area contributed by atoms with Gasteiger partial charge in [-0.3, -0.25) is 19.8 Å². The summed E-state index contributed by atoms with van der Waals surface area (Å²) >= 11 is 0. The lowest BCUT2D eigenvalue weighted by Crippen LogP contribution is -2.50. The van der Waals surface area contributed by atoms with Crippen LogP contribution in [-0.4, -0.2) is 51.9 Å². The number of aromatic nitrogens is 2. The average molecular weight is 432 g/mol. The van der Waals surface area contributed by atoms with Crippen molar-refractivity contribution in [1.82, 2.24) is 14.9 Å². The van der Waals surface area contributed by atoms with E-state index in [1.807, 2.05) is 30.3 Å². The van der Waals surface area contributed by atoms with Crippen LogP contribution in [0.1, 0.15) is 17.2 Å². The summed E-state index contributed by atoms with van der Waals surface area (Å²) < 4.78 is 0. The molecule has 1 atom stereocenters. The second kappa shape index (κ2) is 9.52. The third-order valence-corrected chi connectivity index (χ3v) is 5.49. The van der Waals surface area contributed by atoms with Gasteiger partial charge in [0.2, 0.25) is 11.9 Å². The van der Waals surface area contributed by atoms with E-state index >= 15 is 0 Å². The number of hydrogen-bond acceptors (Lipinski definition) is 7. The molecule has 4 rings (SSSR count). The molecule has 1 fully saturated rings. The van der Waals surface area contributed by atoms with Crippen molar-refractivity contribution in [3.8, 4) is 0 Å². The predicted molar refractivity (Wildman–Crippen MR) is 121 cm³/mol. The molecule has 32 heavy (non-hydrogen) atoms. The highest BCUT2D eigenvalue weighted by Crippen LogP contribution is 2.29. The molecule has 9 heteroatoms. The number of nitro benzene ring substituents is 1. The Morgan fingerprint density at radius 2 is 1.72 bits per heavy atom. The monoisotopic (exact) mass is 432 g/mol. The summed E-state index contributed by atoms with van der Waals surface area (Å²) in [6, 6.07) is 15.5. The zero-order chi connectivity index (χ0) is 22.5. The number of hydrogen-bond donors (Lipinski definition) is 1. The molecule has 9 nitrogen and oxygen atoms in total. The Labute approximate surface area is 185 Å². The van der Waals surface area contributed by atoms with Gasteiger partial charge in [0.05, 0.1) is 4.92 Å². The van der Waals surface area contributed by atoms with Crippen molar-refractivity contribution in [3.63, 3.8) is 0 Å². The Morgan fingerprint density at radius 1 is 1.03 bits per heavy atom. The SMILES string of the molecule is Cc1ccc(NC(=O)C(c2ccccc2)N2CCN(c3ncccn3)CC2)c([N+](=O)[O-])c1. The van der Waals surface area contributed by atoms with Crippen LogP contribution in [0.4, 0.5) is 17.3 Å². The summed E-state index contributed by atoms with van der Waals surface area (Å²) in [7, 11) is 0. The van der Waals surface area contributed by atoms with Crippen LogP contribution in [0.25, 0.3) is 0 Å². The highest BCUT2D eigenvalue weighted by Gasteiger charge is 2.32. The third-order valence-electron chi connectivity index (χ3n) is 5.49. The maximum absolute atomic E-state index is 13.4. The Bertz CT molecular complexity index is 1090. The molecule has 1 aromatic heterocycles. The van der Waals surface area contributed by atoms with Gasteiger partial charge >= 0.3 is 0 Å². The zero-order valence-electron chi connectivity index (χ0n) is 17.7. The number of nitrogens with one attached hydrogen (secondary N) is 1. The van der Waals surface area contributed by atoms with Gasteiger partial charge < -0.3 is 10.2 Å². The summed E-state index contributed by atoms with van der Waals surface area (Å²) in [5.74, 6) is 0.371. The predicted octanol–water partition coefficient (Wildman–Crippen LogP) is 3.20. The smallest absolute Gasteiger partial charge is 0.293 e. The van der Waals surface area contributed by atoms with Gasteiger partial charge in [-0.2, -0.15) is 0 Å². The molecule has 1 N–H and O–H groups in total. The molecule has 0 aliphatic carbocycles. The first-order valence-corrected chi connectivity index (χ1v) is 10.4. The summed E-state index contributed by atoms with van der Waals surface area (Å²) in [6.07, 6.45) is 3.42. The number of piperazine rings is 1. The van der Waals surface area contributed by atoms with Gasteiger partial charge in [-0.05, 0) is 30.2 Å². The Hall–Kier alpha value is -3.85. The Morgan fingerprint density at radius 3 is 2.38 bits per heavy atom. The minimum atomic E-state index is -0.573. The molecule has 1 aliphatic rings. The van der Waals surface area contributed by atoms with Crippen LogP contribution in [0.15, 0.2) is 67.0 Å². The van der Waals surface area contributed by atoms with Crippen molar-refractivity contribution in [1.29, 1.82) is 0 Å². The third kappa shape index (κ3) is 4.73. The van der Waals surface area contributed by atoms with Crippen LogP contribution in [0, 0.1) is 17.0 Å². The van der Waals surface area contributed by atoms with E-state index in [0.717, 1.165) is 11.1 Å². The van der Waals surface area contributed by atoms with Crippen LogP contribution in [0.5, 0.6) is 0 Å². The molecule has 2 aromatic carbocycles. The molecule has 1 aliphatic heterocycles. The molecule has 2 heterocycles. The molecule has 0 saturated carbocycles. The number of carbonyl (C=O) groups is 1. The first-order valence-electron chi connectivity index (χ1n) is 10.4. The fourth-order valence-corrected chi connectivity index (χ4v) is 3.90. The van der Waals surface area contributed by atoms with E-state index in [1.165, 1.54) is 6.07 Å². The number of carbonyl (C=O) groups excluding carboxylic acids is 1. The standard InChI is InChI=1S/C23H24N6O3/c1-17-8-9-19(20(16-17)29(31)32)26-22(30)21(18-6-3-2-4-7-18)27-12-14-28(15-13-27)23-24-10-5-11-25-23/h2-11,16,21H,12-15H2,1H3,(H,26,30). The number of anilines is 2. The van der Waals surface area contributed by atoms with Gasteiger partial charge in [0.25, 0.3) is 5.69 Å². The molecule has 1 unspecified atom stereocenters. The number of aryl methyl sites for hydroxylation is 1. The minimum Gasteiger partial charge on any atom is -0.338 e. The van der Waals surface area contributed by atoms with Gasteiger partial charge in [-0.15, -0.1) is 0 Å². The van der Waals surface area contributed by atoms with Crippen molar-refractivity contribution in [2.24, 2.45) is 0 Å². The molecule has 0 spiro atoms. The van der Waals surface area contributed by atoms with Crippen molar-refractivity contribution in [2.75, 3.05) is 36.4 Å².